The number of aromatic nitrogens is 4. The summed E-state index contributed by atoms with van der Waals surface area (Å²) in [6, 6.07) is 12.6. The number of carboxylic acid groups (broad SMARTS) is 1. The molecule has 4 bridgehead atoms. The highest BCUT2D eigenvalue weighted by Crippen LogP contribution is 2.53. The van der Waals surface area contributed by atoms with Gasteiger partial charge in [-0.05, 0) is 79.5 Å². The molecule has 2 fully saturated rings. The normalized spacial score (nSPS) is 20.1. The fourth-order valence-electron chi connectivity index (χ4n) is 8.92. The summed E-state index contributed by atoms with van der Waals surface area (Å²) in [7, 11) is 2.09. The van der Waals surface area contributed by atoms with E-state index in [1.54, 1.807) is 36.4 Å². The Balaban J connectivity index is 1.03. The van der Waals surface area contributed by atoms with Crippen LogP contribution in [0.15, 0.2) is 61.1 Å². The molecule has 23 heteroatoms. The zero-order valence-electron chi connectivity index (χ0n) is 43.0. The van der Waals surface area contributed by atoms with Gasteiger partial charge >= 0.3 is 12.0 Å². The maximum absolute atomic E-state index is 14.5. The van der Waals surface area contributed by atoms with E-state index in [0.29, 0.717) is 126 Å². The summed E-state index contributed by atoms with van der Waals surface area (Å²) < 4.78 is 81.0. The minimum Gasteiger partial charge on any atom is -0.490 e. The van der Waals surface area contributed by atoms with E-state index in [-0.39, 0.29) is 66.3 Å². The summed E-state index contributed by atoms with van der Waals surface area (Å²) in [5, 5.41) is 12.1. The number of carboxylic acids is 1. The van der Waals surface area contributed by atoms with Gasteiger partial charge < -0.3 is 62.1 Å². The van der Waals surface area contributed by atoms with Crippen LogP contribution in [0.4, 0.5) is 4.39 Å². The van der Waals surface area contributed by atoms with Crippen LogP contribution in [0.3, 0.4) is 0 Å². The SMILES string of the molecule is Cc1c(Cl)c2c(Cl)c(C)c1-c1c(-c3ccc(F)cc3)sc3ncnc(c13)O[C@@H](C(=O)O)c1cc(ccc1OCc1ccnc(OCC3COCCOCCOCCOCCOCCO3)n1)OC[C@@H](CN1CCN(C)CC1)O2. The number of hydrogen-bond donors (Lipinski definition) is 1. The summed E-state index contributed by atoms with van der Waals surface area (Å²) in [6.07, 6.45) is 0.0312. The molecule has 3 aromatic heterocycles. The predicted molar refractivity (Wildman–Crippen MR) is 285 cm³/mol. The molecular formula is C54H61Cl2FN6O13S. The number of rotatable bonds is 10. The summed E-state index contributed by atoms with van der Waals surface area (Å²) in [5.41, 5.74) is 3.65. The van der Waals surface area contributed by atoms with Crippen molar-refractivity contribution in [1.29, 1.82) is 0 Å². The molecule has 7 heterocycles. The van der Waals surface area contributed by atoms with Gasteiger partial charge in [-0.2, -0.15) is 4.98 Å². The first kappa shape index (κ1) is 56.2. The third-order valence-corrected chi connectivity index (χ3v) is 15.0. The highest BCUT2D eigenvalue weighted by Gasteiger charge is 2.34. The number of halogens is 3. The van der Waals surface area contributed by atoms with Gasteiger partial charge in [0.25, 0.3) is 0 Å². The molecule has 2 saturated heterocycles. The standard InChI is InChI=1S/C54H61Cl2FN6O13S/c1-33-43-34(2)47(56)49(46(33)55)75-39(27-63-14-12-62(3)13-15-63)30-72-38-8-9-42(41(26-38)48(53(64)65)76-51-45-44(43)50(77-52(45)60-32-59-51)35-4-6-36(57)7-5-35)73-28-37-10-11-58-54(61-37)74-31-40-29-70-23-22-68-19-18-66-16-17-67-20-21-69-24-25-71-40/h4-11,26,32,39-40,48H,12-25,27-31H2,1-3H3,(H,64,65)/t39-,40?,48-/m1/s1. The maximum atomic E-state index is 14.5. The number of likely N-dealkylation sites (N-methyl/N-ethyl adjacent to an activating group) is 1. The monoisotopic (exact) mass is 1120 g/mol. The van der Waals surface area contributed by atoms with E-state index in [0.717, 1.165) is 26.2 Å². The van der Waals surface area contributed by atoms with E-state index in [4.69, 9.17) is 75.3 Å². The van der Waals surface area contributed by atoms with Crippen molar-refractivity contribution in [2.24, 2.45) is 0 Å². The molecule has 10 rings (SSSR count). The lowest BCUT2D eigenvalue weighted by Crippen LogP contribution is -2.49. The average molecular weight is 1120 g/mol. The van der Waals surface area contributed by atoms with Crippen LogP contribution in [0.1, 0.15) is 28.5 Å². The quantitative estimate of drug-likeness (QED) is 0.139. The summed E-state index contributed by atoms with van der Waals surface area (Å²) in [4.78, 5) is 37.5. The lowest BCUT2D eigenvalue weighted by molar-refractivity contribution is -0.145. The smallest absolute Gasteiger partial charge is 0.349 e. The lowest BCUT2D eigenvalue weighted by Gasteiger charge is -2.35. The van der Waals surface area contributed by atoms with Crippen LogP contribution >= 0.6 is 34.5 Å². The van der Waals surface area contributed by atoms with Gasteiger partial charge in [-0.15, -0.1) is 11.3 Å². The van der Waals surface area contributed by atoms with E-state index in [9.17, 15) is 14.3 Å². The lowest BCUT2D eigenvalue weighted by atomic mass is 9.92. The second-order valence-electron chi connectivity index (χ2n) is 18.4. The Labute approximate surface area is 459 Å². The van der Waals surface area contributed by atoms with Gasteiger partial charge in [0.2, 0.25) is 12.0 Å². The maximum Gasteiger partial charge on any atom is 0.349 e. The number of aliphatic carboxylic acids is 1. The fraction of sp³-hybridized carbons (Fsp3) is 0.463. The van der Waals surface area contributed by atoms with E-state index < -0.39 is 30.1 Å². The van der Waals surface area contributed by atoms with Gasteiger partial charge in [-0.3, -0.25) is 4.90 Å². The Hall–Kier alpha value is -5.56. The Morgan fingerprint density at radius 1 is 0.779 bits per heavy atom. The van der Waals surface area contributed by atoms with Crippen molar-refractivity contribution < 1.29 is 66.4 Å². The van der Waals surface area contributed by atoms with Crippen LogP contribution in [0.5, 0.6) is 29.1 Å². The van der Waals surface area contributed by atoms with Crippen LogP contribution in [0.25, 0.3) is 31.8 Å². The van der Waals surface area contributed by atoms with Gasteiger partial charge in [0.05, 0.1) is 93.8 Å². The summed E-state index contributed by atoms with van der Waals surface area (Å²) >= 11 is 16.0. The van der Waals surface area contributed by atoms with Crippen LogP contribution in [-0.4, -0.2) is 179 Å². The molecule has 3 aromatic carbocycles. The molecule has 6 aromatic rings. The molecule has 0 amide bonds. The Bertz CT molecular complexity index is 2890. The highest BCUT2D eigenvalue weighted by molar-refractivity contribution is 7.22. The number of ether oxygens (including phenoxy) is 11. The highest BCUT2D eigenvalue weighted by atomic mass is 35.5. The molecule has 1 unspecified atom stereocenters. The minimum absolute atomic E-state index is 0.0300. The molecule has 19 nitrogen and oxygen atoms in total. The first-order valence-corrected chi connectivity index (χ1v) is 26.9. The second-order valence-corrected chi connectivity index (χ2v) is 20.1. The Morgan fingerprint density at radius 3 is 2.14 bits per heavy atom. The number of thiophene rings is 1. The molecule has 0 aliphatic carbocycles. The molecule has 4 aliphatic heterocycles. The van der Waals surface area contributed by atoms with Crippen LogP contribution in [0.2, 0.25) is 10.0 Å². The molecule has 1 N–H and O–H groups in total. The number of fused-ring (bicyclic) bond motifs is 6. The van der Waals surface area contributed by atoms with Gasteiger partial charge in [-0.1, -0.05) is 35.3 Å². The van der Waals surface area contributed by atoms with E-state index in [1.807, 2.05) is 13.8 Å². The molecule has 0 saturated carbocycles. The first-order valence-electron chi connectivity index (χ1n) is 25.3. The molecule has 77 heavy (non-hydrogen) atoms. The zero-order chi connectivity index (χ0) is 53.7. The number of nitrogens with zero attached hydrogens (tertiary/aromatic N) is 6. The molecule has 3 atom stereocenters. The van der Waals surface area contributed by atoms with E-state index in [2.05, 4.69) is 36.8 Å². The summed E-state index contributed by atoms with van der Waals surface area (Å²) in [6.45, 7) is 11.7. The number of carbonyl (C=O) groups is 1. The van der Waals surface area contributed by atoms with Crippen molar-refractivity contribution >= 4 is 50.7 Å². The van der Waals surface area contributed by atoms with Crippen molar-refractivity contribution in [1.82, 2.24) is 29.7 Å². The Morgan fingerprint density at radius 2 is 1.45 bits per heavy atom. The fourth-order valence-corrected chi connectivity index (χ4v) is 10.6. The first-order chi connectivity index (χ1) is 37.5. The van der Waals surface area contributed by atoms with Crippen molar-refractivity contribution in [2.45, 2.75) is 38.8 Å². The number of benzene rings is 3. The van der Waals surface area contributed by atoms with Gasteiger partial charge in [0, 0.05) is 54.9 Å². The molecule has 0 spiro atoms. The molecule has 412 valence electrons. The largest absolute Gasteiger partial charge is 0.490 e. The van der Waals surface area contributed by atoms with Crippen LogP contribution < -0.4 is 23.7 Å². The van der Waals surface area contributed by atoms with Crippen molar-refractivity contribution in [2.75, 3.05) is 126 Å². The van der Waals surface area contributed by atoms with Gasteiger partial charge in [-0.25, -0.2) is 24.1 Å². The van der Waals surface area contributed by atoms with Crippen molar-refractivity contribution in [3.05, 3.63) is 99.3 Å². The topological polar surface area (TPSA) is 197 Å². The number of hydrogen-bond acceptors (Lipinski definition) is 19. The van der Waals surface area contributed by atoms with Crippen LogP contribution in [-0.2, 0) is 39.8 Å². The second kappa shape index (κ2) is 27.3. The minimum atomic E-state index is -1.72. The average Bonchev–Trinajstić information content (AvgIpc) is 3.84. The van der Waals surface area contributed by atoms with Gasteiger partial charge in [0.1, 0.15) is 60.5 Å². The van der Waals surface area contributed by atoms with Gasteiger partial charge in [0.15, 0.2) is 5.75 Å². The summed E-state index contributed by atoms with van der Waals surface area (Å²) in [5.74, 6) is -1.05. The van der Waals surface area contributed by atoms with E-state index >= 15 is 0 Å². The van der Waals surface area contributed by atoms with Crippen molar-refractivity contribution in [3.63, 3.8) is 0 Å². The third kappa shape index (κ3) is 14.6. The zero-order valence-corrected chi connectivity index (χ0v) is 45.3. The molecular weight excluding hydrogens is 1060 g/mol. The predicted octanol–water partition coefficient (Wildman–Crippen LogP) is 7.91. The molecule has 0 radical (unpaired) electrons. The van der Waals surface area contributed by atoms with Crippen LogP contribution in [0, 0.1) is 19.7 Å². The van der Waals surface area contributed by atoms with E-state index in [1.165, 1.54) is 36.0 Å². The third-order valence-electron chi connectivity index (χ3n) is 13.0. The Kier molecular flexibility index (Phi) is 20.0. The van der Waals surface area contributed by atoms with Crippen molar-refractivity contribution in [3.8, 4) is 50.7 Å². The molecule has 4 aliphatic rings. The number of piperazine rings is 1.